The van der Waals surface area contributed by atoms with Crippen LogP contribution in [0.1, 0.15) is 0 Å². The molecule has 0 radical (unpaired) electrons. The predicted octanol–water partition coefficient (Wildman–Crippen LogP) is 2.92. The molecular formula is C12H9ClO3. The molecule has 2 rings (SSSR count). The van der Waals surface area contributed by atoms with Crippen LogP contribution in [0.5, 0.6) is 5.75 Å². The van der Waals surface area contributed by atoms with Gasteiger partial charge in [0, 0.05) is 10.4 Å². The Hall–Kier alpha value is -1.74. The van der Waals surface area contributed by atoms with Crippen LogP contribution < -0.4 is 10.4 Å². The smallest absolute Gasteiger partial charge is 0.379 e. The van der Waals surface area contributed by atoms with Crippen LogP contribution in [0.2, 0.25) is 0 Å². The molecule has 0 spiro atoms. The average Bonchev–Trinajstić information content (AvgIpc) is 2.26. The zero-order valence-electron chi connectivity index (χ0n) is 8.40. The third kappa shape index (κ3) is 2.25. The number of hydrogen-bond donors (Lipinski definition) is 0. The van der Waals surface area contributed by atoms with Crippen molar-refractivity contribution in [1.82, 2.24) is 0 Å². The first-order valence-corrected chi connectivity index (χ1v) is 5.03. The zero-order chi connectivity index (χ0) is 11.5. The molecule has 1 aromatic carbocycles. The summed E-state index contributed by atoms with van der Waals surface area (Å²) in [4.78, 5) is 11.5. The van der Waals surface area contributed by atoms with Crippen molar-refractivity contribution < 1.29 is 9.15 Å². The highest BCUT2D eigenvalue weighted by Gasteiger charge is 2.05. The van der Waals surface area contributed by atoms with Gasteiger partial charge in [-0.05, 0) is 12.1 Å². The highest BCUT2D eigenvalue weighted by Crippen LogP contribution is 2.16. The van der Waals surface area contributed by atoms with Gasteiger partial charge in [0.2, 0.25) is 5.75 Å². The van der Waals surface area contributed by atoms with Gasteiger partial charge in [-0.1, -0.05) is 36.4 Å². The second-order valence-corrected chi connectivity index (χ2v) is 3.78. The number of fused-ring (bicyclic) bond motifs is 1. The van der Waals surface area contributed by atoms with Crippen LogP contribution in [-0.2, 0) is 0 Å². The fourth-order valence-corrected chi connectivity index (χ4v) is 1.35. The van der Waals surface area contributed by atoms with Gasteiger partial charge in [-0.3, -0.25) is 0 Å². The number of ether oxygens (including phenoxy) is 1. The molecule has 16 heavy (non-hydrogen) atoms. The molecule has 0 atom stereocenters. The lowest BCUT2D eigenvalue weighted by molar-refractivity contribution is 0.339. The molecule has 4 heteroatoms. The molecule has 0 bridgehead atoms. The number of para-hydroxylation sites is 1. The van der Waals surface area contributed by atoms with Gasteiger partial charge in [0.15, 0.2) is 0 Å². The first kappa shape index (κ1) is 10.8. The summed E-state index contributed by atoms with van der Waals surface area (Å²) < 4.78 is 10.2. The Morgan fingerprint density at radius 3 is 2.94 bits per heavy atom. The molecule has 0 N–H and O–H groups in total. The third-order valence-corrected chi connectivity index (χ3v) is 2.10. The van der Waals surface area contributed by atoms with E-state index in [9.17, 15) is 4.79 Å². The largest absolute Gasteiger partial charge is 0.481 e. The van der Waals surface area contributed by atoms with Gasteiger partial charge in [0.25, 0.3) is 0 Å². The lowest BCUT2D eigenvalue weighted by atomic mass is 10.2. The number of halogens is 1. The SMILES string of the molecule is C=C(Cl)COc1cc2ccccc2oc1=O. The van der Waals surface area contributed by atoms with Gasteiger partial charge in [0.1, 0.15) is 12.2 Å². The molecule has 0 saturated heterocycles. The minimum absolute atomic E-state index is 0.0880. The lowest BCUT2D eigenvalue weighted by Crippen LogP contribution is -2.07. The van der Waals surface area contributed by atoms with E-state index < -0.39 is 5.63 Å². The Labute approximate surface area is 96.9 Å². The van der Waals surface area contributed by atoms with E-state index in [4.69, 9.17) is 20.8 Å². The van der Waals surface area contributed by atoms with Crippen molar-refractivity contribution in [2.75, 3.05) is 6.61 Å². The summed E-state index contributed by atoms with van der Waals surface area (Å²) in [6.07, 6.45) is 0. The van der Waals surface area contributed by atoms with Crippen molar-refractivity contribution in [2.45, 2.75) is 0 Å². The molecule has 3 nitrogen and oxygen atoms in total. The third-order valence-electron chi connectivity index (χ3n) is 1.99. The van der Waals surface area contributed by atoms with Crippen molar-refractivity contribution in [3.05, 3.63) is 52.4 Å². The Morgan fingerprint density at radius 1 is 1.44 bits per heavy atom. The van der Waals surface area contributed by atoms with Crippen LogP contribution in [-0.4, -0.2) is 6.61 Å². The van der Waals surface area contributed by atoms with Crippen LogP contribution in [0.25, 0.3) is 11.0 Å². The first-order valence-electron chi connectivity index (χ1n) is 4.66. The van der Waals surface area contributed by atoms with E-state index >= 15 is 0 Å². The molecule has 0 unspecified atom stereocenters. The van der Waals surface area contributed by atoms with E-state index in [1.165, 1.54) is 0 Å². The molecule has 0 saturated carbocycles. The van der Waals surface area contributed by atoms with Crippen LogP contribution in [0.3, 0.4) is 0 Å². The van der Waals surface area contributed by atoms with Crippen molar-refractivity contribution in [1.29, 1.82) is 0 Å². The predicted molar refractivity (Wildman–Crippen MR) is 63.0 cm³/mol. The second-order valence-electron chi connectivity index (χ2n) is 3.24. The highest BCUT2D eigenvalue weighted by molar-refractivity contribution is 6.29. The normalized spacial score (nSPS) is 10.3. The van der Waals surface area contributed by atoms with Crippen molar-refractivity contribution in [2.24, 2.45) is 0 Å². The summed E-state index contributed by atoms with van der Waals surface area (Å²) in [6, 6.07) is 8.83. The highest BCUT2D eigenvalue weighted by atomic mass is 35.5. The monoisotopic (exact) mass is 236 g/mol. The minimum Gasteiger partial charge on any atom is -0.481 e. The number of rotatable bonds is 3. The Balaban J connectivity index is 2.42. The average molecular weight is 237 g/mol. The van der Waals surface area contributed by atoms with Crippen molar-refractivity contribution >= 4 is 22.6 Å². The maximum absolute atomic E-state index is 11.5. The maximum atomic E-state index is 11.5. The Bertz CT molecular complexity index is 586. The van der Waals surface area contributed by atoms with E-state index in [-0.39, 0.29) is 12.4 Å². The Morgan fingerprint density at radius 2 is 2.19 bits per heavy atom. The van der Waals surface area contributed by atoms with Gasteiger partial charge < -0.3 is 9.15 Å². The summed E-state index contributed by atoms with van der Waals surface area (Å²) in [6.45, 7) is 3.56. The standard InChI is InChI=1S/C12H9ClO3/c1-8(13)7-15-11-6-9-4-2-3-5-10(9)16-12(11)14/h2-6H,1,7H2. The topological polar surface area (TPSA) is 39.4 Å². The van der Waals surface area contributed by atoms with Gasteiger partial charge in [-0.2, -0.15) is 0 Å². The van der Waals surface area contributed by atoms with E-state index in [1.54, 1.807) is 18.2 Å². The number of benzene rings is 1. The van der Waals surface area contributed by atoms with Crippen LogP contribution >= 0.6 is 11.6 Å². The summed E-state index contributed by atoms with van der Waals surface area (Å²) >= 11 is 5.55. The van der Waals surface area contributed by atoms with Gasteiger partial charge in [-0.25, -0.2) is 4.79 Å². The van der Waals surface area contributed by atoms with E-state index in [1.807, 2.05) is 12.1 Å². The van der Waals surface area contributed by atoms with Crippen molar-refractivity contribution in [3.8, 4) is 5.75 Å². The van der Waals surface area contributed by atoms with Gasteiger partial charge in [0.05, 0.1) is 0 Å². The zero-order valence-corrected chi connectivity index (χ0v) is 9.16. The molecule has 0 amide bonds. The molecule has 1 heterocycles. The quantitative estimate of drug-likeness (QED) is 0.770. The summed E-state index contributed by atoms with van der Waals surface area (Å²) in [5.41, 5.74) is 0.0150. The van der Waals surface area contributed by atoms with Crippen LogP contribution in [0, 0.1) is 0 Å². The van der Waals surface area contributed by atoms with Crippen LogP contribution in [0.15, 0.2) is 51.2 Å². The number of hydrogen-bond acceptors (Lipinski definition) is 3. The summed E-state index contributed by atoms with van der Waals surface area (Å²) in [5.74, 6) is 0.139. The molecule has 0 fully saturated rings. The van der Waals surface area contributed by atoms with E-state index in [2.05, 4.69) is 6.58 Å². The lowest BCUT2D eigenvalue weighted by Gasteiger charge is -2.03. The maximum Gasteiger partial charge on any atom is 0.379 e. The fraction of sp³-hybridized carbons (Fsp3) is 0.0833. The fourth-order valence-electron chi connectivity index (χ4n) is 1.30. The Kier molecular flexibility index (Phi) is 2.97. The molecule has 0 aliphatic carbocycles. The summed E-state index contributed by atoms with van der Waals surface area (Å²) in [7, 11) is 0. The molecule has 0 aliphatic rings. The first-order chi connectivity index (χ1) is 7.66. The second kappa shape index (κ2) is 4.41. The summed E-state index contributed by atoms with van der Waals surface area (Å²) in [5, 5.41) is 1.13. The molecule has 0 aliphatic heterocycles. The van der Waals surface area contributed by atoms with Crippen LogP contribution in [0.4, 0.5) is 0 Å². The molecule has 82 valence electrons. The van der Waals surface area contributed by atoms with Gasteiger partial charge >= 0.3 is 5.63 Å². The molecule has 2 aromatic rings. The minimum atomic E-state index is -0.517. The van der Waals surface area contributed by atoms with E-state index in [0.29, 0.717) is 10.6 Å². The molecular weight excluding hydrogens is 228 g/mol. The van der Waals surface area contributed by atoms with Gasteiger partial charge in [-0.15, -0.1) is 0 Å². The molecule has 1 aromatic heterocycles. The van der Waals surface area contributed by atoms with Crippen molar-refractivity contribution in [3.63, 3.8) is 0 Å². The van der Waals surface area contributed by atoms with E-state index in [0.717, 1.165) is 5.39 Å².